The van der Waals surface area contributed by atoms with Crippen LogP contribution >= 0.6 is 11.3 Å². The molecule has 0 saturated carbocycles. The van der Waals surface area contributed by atoms with Gasteiger partial charge in [-0.15, -0.1) is 11.3 Å². The van der Waals surface area contributed by atoms with Crippen molar-refractivity contribution in [2.24, 2.45) is 0 Å². The lowest BCUT2D eigenvalue weighted by molar-refractivity contribution is 0.0709. The van der Waals surface area contributed by atoms with Crippen LogP contribution in [0.15, 0.2) is 78.2 Å². The Balaban J connectivity index is 1.29. The van der Waals surface area contributed by atoms with Gasteiger partial charge in [0.1, 0.15) is 5.75 Å². The van der Waals surface area contributed by atoms with E-state index in [1.165, 1.54) is 27.3 Å². The minimum absolute atomic E-state index is 0.0553. The van der Waals surface area contributed by atoms with Crippen molar-refractivity contribution in [2.45, 2.75) is 45.4 Å². The van der Waals surface area contributed by atoms with Crippen LogP contribution in [0, 0.1) is 0 Å². The number of likely N-dealkylation sites (tertiary alicyclic amines) is 1. The van der Waals surface area contributed by atoms with Gasteiger partial charge in [0.25, 0.3) is 5.91 Å². The van der Waals surface area contributed by atoms with E-state index in [4.69, 9.17) is 9.72 Å². The monoisotopic (exact) mass is 510 g/mol. The minimum Gasteiger partial charge on any atom is -0.493 e. The van der Waals surface area contributed by atoms with Gasteiger partial charge in [-0.2, -0.15) is 0 Å². The molecule has 0 aliphatic carbocycles. The first kappa shape index (κ1) is 25.2. The van der Waals surface area contributed by atoms with Gasteiger partial charge in [0.15, 0.2) is 0 Å². The number of thiazole rings is 1. The third-order valence-corrected chi connectivity index (χ3v) is 8.17. The summed E-state index contributed by atoms with van der Waals surface area (Å²) in [5.74, 6) is 1.62. The first-order valence-electron chi connectivity index (χ1n) is 13.2. The standard InChI is InChI=1S/C32H34N2O2S/c1-4-36-30-12-8-7-11-28(30)32(35)34-19-17-25(18-20-34)31-33-29(21-37-31)27-10-6-5-9-26(27)24-15-13-23(14-16-24)22(2)3/h5-16,21-22,25H,4,17-20H2,1-3H3. The second-order valence-corrected chi connectivity index (χ2v) is 10.8. The van der Waals surface area contributed by atoms with E-state index in [-0.39, 0.29) is 5.91 Å². The molecular weight excluding hydrogens is 476 g/mol. The molecule has 3 aromatic carbocycles. The van der Waals surface area contributed by atoms with Crippen LogP contribution in [0.4, 0.5) is 0 Å². The molecule has 5 rings (SSSR count). The van der Waals surface area contributed by atoms with Crippen LogP contribution in [0.5, 0.6) is 5.75 Å². The molecule has 1 aliphatic heterocycles. The van der Waals surface area contributed by atoms with E-state index >= 15 is 0 Å². The summed E-state index contributed by atoms with van der Waals surface area (Å²) in [6.45, 7) is 8.40. The lowest BCUT2D eigenvalue weighted by atomic mass is 9.95. The molecule has 5 heteroatoms. The summed E-state index contributed by atoms with van der Waals surface area (Å²) in [6.07, 6.45) is 1.85. The highest BCUT2D eigenvalue weighted by molar-refractivity contribution is 7.10. The fourth-order valence-corrected chi connectivity index (χ4v) is 6.02. The average molecular weight is 511 g/mol. The SMILES string of the molecule is CCOc1ccccc1C(=O)N1CCC(c2nc(-c3ccccc3-c3ccc(C(C)C)cc3)cs2)CC1. The molecule has 4 nitrogen and oxygen atoms in total. The zero-order chi connectivity index (χ0) is 25.8. The van der Waals surface area contributed by atoms with E-state index in [0.717, 1.165) is 31.6 Å². The fraction of sp³-hybridized carbons (Fsp3) is 0.312. The van der Waals surface area contributed by atoms with Crippen LogP contribution < -0.4 is 4.74 Å². The van der Waals surface area contributed by atoms with Crippen molar-refractivity contribution in [2.75, 3.05) is 19.7 Å². The van der Waals surface area contributed by atoms with Gasteiger partial charge in [0, 0.05) is 30.0 Å². The lowest BCUT2D eigenvalue weighted by Gasteiger charge is -2.31. The number of aromatic nitrogens is 1. The zero-order valence-corrected chi connectivity index (χ0v) is 22.6. The molecule has 0 atom stereocenters. The summed E-state index contributed by atoms with van der Waals surface area (Å²) in [6, 6.07) is 25.0. The molecule has 0 bridgehead atoms. The number of piperidine rings is 1. The molecule has 1 saturated heterocycles. The number of ether oxygens (including phenoxy) is 1. The number of benzene rings is 3. The number of hydrogen-bond acceptors (Lipinski definition) is 4. The van der Waals surface area contributed by atoms with Crippen molar-refractivity contribution in [3.8, 4) is 28.1 Å². The predicted molar refractivity (Wildman–Crippen MR) is 153 cm³/mol. The van der Waals surface area contributed by atoms with E-state index in [1.807, 2.05) is 36.1 Å². The highest BCUT2D eigenvalue weighted by atomic mass is 32.1. The van der Waals surface area contributed by atoms with Gasteiger partial charge in [-0.05, 0) is 54.5 Å². The Labute approximate surface area is 224 Å². The van der Waals surface area contributed by atoms with Gasteiger partial charge >= 0.3 is 0 Å². The fourth-order valence-electron chi connectivity index (χ4n) is 5.03. The van der Waals surface area contributed by atoms with E-state index in [2.05, 4.69) is 67.8 Å². The Morgan fingerprint density at radius 1 is 0.973 bits per heavy atom. The third kappa shape index (κ3) is 5.47. The second kappa shape index (κ2) is 11.3. The Kier molecular flexibility index (Phi) is 7.71. The minimum atomic E-state index is 0.0553. The second-order valence-electron chi connectivity index (χ2n) is 9.89. The maximum absolute atomic E-state index is 13.2. The molecule has 0 unspecified atom stereocenters. The number of hydrogen-bond donors (Lipinski definition) is 0. The summed E-state index contributed by atoms with van der Waals surface area (Å²) in [5, 5.41) is 3.36. The van der Waals surface area contributed by atoms with Crippen LogP contribution in [-0.4, -0.2) is 35.5 Å². The highest BCUT2D eigenvalue weighted by Crippen LogP contribution is 2.37. The number of para-hydroxylation sites is 1. The van der Waals surface area contributed by atoms with Gasteiger partial charge in [-0.3, -0.25) is 4.79 Å². The molecule has 1 fully saturated rings. The van der Waals surface area contributed by atoms with E-state index < -0.39 is 0 Å². The Hall–Kier alpha value is -3.44. The quantitative estimate of drug-likeness (QED) is 0.253. The summed E-state index contributed by atoms with van der Waals surface area (Å²) < 4.78 is 5.69. The Morgan fingerprint density at radius 2 is 1.65 bits per heavy atom. The van der Waals surface area contributed by atoms with Crippen molar-refractivity contribution >= 4 is 17.2 Å². The third-order valence-electron chi connectivity index (χ3n) is 7.16. The van der Waals surface area contributed by atoms with Crippen molar-refractivity contribution in [3.05, 3.63) is 94.3 Å². The van der Waals surface area contributed by atoms with Crippen LogP contribution in [0.2, 0.25) is 0 Å². The molecule has 1 aliphatic rings. The van der Waals surface area contributed by atoms with E-state index in [1.54, 1.807) is 11.3 Å². The largest absolute Gasteiger partial charge is 0.493 e. The van der Waals surface area contributed by atoms with Gasteiger partial charge in [0.05, 0.1) is 22.9 Å². The van der Waals surface area contributed by atoms with Crippen LogP contribution in [0.25, 0.3) is 22.4 Å². The number of carbonyl (C=O) groups excluding carboxylic acids is 1. The van der Waals surface area contributed by atoms with E-state index in [9.17, 15) is 4.79 Å². The topological polar surface area (TPSA) is 42.4 Å². The molecule has 4 aromatic rings. The van der Waals surface area contributed by atoms with Crippen molar-refractivity contribution in [1.29, 1.82) is 0 Å². The molecule has 1 aromatic heterocycles. The Morgan fingerprint density at radius 3 is 2.35 bits per heavy atom. The average Bonchev–Trinajstić information content (AvgIpc) is 3.44. The lowest BCUT2D eigenvalue weighted by Crippen LogP contribution is -2.38. The van der Waals surface area contributed by atoms with Crippen molar-refractivity contribution < 1.29 is 9.53 Å². The van der Waals surface area contributed by atoms with Crippen LogP contribution in [0.1, 0.15) is 66.4 Å². The number of nitrogens with zero attached hydrogens (tertiary/aromatic N) is 2. The first-order valence-corrected chi connectivity index (χ1v) is 14.1. The summed E-state index contributed by atoms with van der Waals surface area (Å²) in [7, 11) is 0. The predicted octanol–water partition coefficient (Wildman–Crippen LogP) is 8.02. The molecule has 1 amide bonds. The molecule has 2 heterocycles. The van der Waals surface area contributed by atoms with Gasteiger partial charge < -0.3 is 9.64 Å². The van der Waals surface area contributed by atoms with Gasteiger partial charge in [-0.25, -0.2) is 4.98 Å². The van der Waals surface area contributed by atoms with Gasteiger partial charge in [0.2, 0.25) is 0 Å². The molecule has 0 spiro atoms. The smallest absolute Gasteiger partial charge is 0.257 e. The number of rotatable bonds is 7. The first-order chi connectivity index (χ1) is 18.0. The van der Waals surface area contributed by atoms with Gasteiger partial charge in [-0.1, -0.05) is 74.5 Å². The van der Waals surface area contributed by atoms with Crippen molar-refractivity contribution in [1.82, 2.24) is 9.88 Å². The molecule has 37 heavy (non-hydrogen) atoms. The highest BCUT2D eigenvalue weighted by Gasteiger charge is 2.28. The maximum Gasteiger partial charge on any atom is 0.257 e. The van der Waals surface area contributed by atoms with Crippen LogP contribution in [0.3, 0.4) is 0 Å². The normalized spacial score (nSPS) is 14.2. The van der Waals surface area contributed by atoms with Crippen molar-refractivity contribution in [3.63, 3.8) is 0 Å². The molecule has 0 radical (unpaired) electrons. The molecular formula is C32H34N2O2S. The summed E-state index contributed by atoms with van der Waals surface area (Å²) >= 11 is 1.74. The van der Waals surface area contributed by atoms with E-state index in [0.29, 0.717) is 29.8 Å². The summed E-state index contributed by atoms with van der Waals surface area (Å²) in [5.41, 5.74) is 6.63. The maximum atomic E-state index is 13.2. The van der Waals surface area contributed by atoms with Crippen LogP contribution in [-0.2, 0) is 0 Å². The number of amides is 1. The Bertz CT molecular complexity index is 1350. The summed E-state index contributed by atoms with van der Waals surface area (Å²) in [4.78, 5) is 20.2. The zero-order valence-electron chi connectivity index (χ0n) is 21.8. The molecule has 0 N–H and O–H groups in total. The molecule has 190 valence electrons. The number of carbonyl (C=O) groups is 1.